The van der Waals surface area contributed by atoms with Gasteiger partial charge < -0.3 is 10.6 Å². The molecule has 7 heteroatoms. The number of carbonyl (C=O) groups is 2. The van der Waals surface area contributed by atoms with Gasteiger partial charge in [0.1, 0.15) is 0 Å². The van der Waals surface area contributed by atoms with Crippen LogP contribution in [0.3, 0.4) is 0 Å². The number of carbonyl (C=O) groups excluding carboxylic acids is 2. The molecule has 156 valence electrons. The van der Waals surface area contributed by atoms with E-state index in [0.29, 0.717) is 19.0 Å². The van der Waals surface area contributed by atoms with Gasteiger partial charge >= 0.3 is 0 Å². The lowest BCUT2D eigenvalue weighted by Gasteiger charge is -2.18. The highest BCUT2D eigenvalue weighted by Crippen LogP contribution is 2.52. The molecular formula is C22H30N4O2S. The average molecular weight is 415 g/mol. The summed E-state index contributed by atoms with van der Waals surface area (Å²) in [6, 6.07) is 4.21. The van der Waals surface area contributed by atoms with E-state index in [1.807, 2.05) is 6.92 Å². The van der Waals surface area contributed by atoms with Gasteiger partial charge in [0.15, 0.2) is 5.96 Å². The summed E-state index contributed by atoms with van der Waals surface area (Å²) >= 11 is 1.76. The Morgan fingerprint density at radius 2 is 1.97 bits per heavy atom. The van der Waals surface area contributed by atoms with Crippen LogP contribution in [0.1, 0.15) is 37.5 Å². The SMILES string of the molecule is CCNC(=NCC(C)c1cccs1)NCCCN1C(=O)C2C3C=CC(C3)C2C1=O. The highest BCUT2D eigenvalue weighted by molar-refractivity contribution is 7.10. The van der Waals surface area contributed by atoms with Crippen molar-refractivity contribution >= 4 is 29.1 Å². The van der Waals surface area contributed by atoms with Crippen molar-refractivity contribution in [2.45, 2.75) is 32.6 Å². The predicted molar refractivity (Wildman–Crippen MR) is 116 cm³/mol. The Hall–Kier alpha value is -2.15. The predicted octanol–water partition coefficient (Wildman–Crippen LogP) is 2.60. The first-order chi connectivity index (χ1) is 14.1. The second-order valence-electron chi connectivity index (χ2n) is 8.24. The lowest BCUT2D eigenvalue weighted by Crippen LogP contribution is -2.40. The number of thiophene rings is 1. The van der Waals surface area contributed by atoms with E-state index in [4.69, 9.17) is 0 Å². The van der Waals surface area contributed by atoms with Crippen LogP contribution in [-0.2, 0) is 9.59 Å². The van der Waals surface area contributed by atoms with E-state index in [1.165, 1.54) is 9.78 Å². The molecule has 1 saturated carbocycles. The summed E-state index contributed by atoms with van der Waals surface area (Å²) in [5, 5.41) is 8.70. The van der Waals surface area contributed by atoms with Crippen LogP contribution in [0.25, 0.3) is 0 Å². The topological polar surface area (TPSA) is 73.8 Å². The third-order valence-electron chi connectivity index (χ3n) is 6.31. The molecule has 2 bridgehead atoms. The van der Waals surface area contributed by atoms with Crippen LogP contribution in [0.2, 0.25) is 0 Å². The Morgan fingerprint density at radius 3 is 2.59 bits per heavy atom. The summed E-state index contributed by atoms with van der Waals surface area (Å²) in [6.45, 7) is 6.91. The van der Waals surface area contributed by atoms with E-state index < -0.39 is 0 Å². The van der Waals surface area contributed by atoms with Gasteiger partial charge in [-0.25, -0.2) is 0 Å². The van der Waals surface area contributed by atoms with Crippen molar-refractivity contribution in [2.24, 2.45) is 28.7 Å². The van der Waals surface area contributed by atoms with E-state index >= 15 is 0 Å². The fourth-order valence-electron chi connectivity index (χ4n) is 4.86. The van der Waals surface area contributed by atoms with Gasteiger partial charge in [-0.1, -0.05) is 25.1 Å². The summed E-state index contributed by atoms with van der Waals surface area (Å²) in [7, 11) is 0. The van der Waals surface area contributed by atoms with E-state index in [9.17, 15) is 9.59 Å². The van der Waals surface area contributed by atoms with E-state index in [0.717, 1.165) is 31.9 Å². The fraction of sp³-hybridized carbons (Fsp3) is 0.591. The second-order valence-corrected chi connectivity index (χ2v) is 9.22. The minimum absolute atomic E-state index is 0.0437. The summed E-state index contributed by atoms with van der Waals surface area (Å²) in [5.41, 5.74) is 0. The van der Waals surface area contributed by atoms with Gasteiger partial charge in [-0.05, 0) is 43.0 Å². The van der Waals surface area contributed by atoms with Crippen LogP contribution in [-0.4, -0.2) is 48.9 Å². The number of rotatable bonds is 8. The molecule has 0 spiro atoms. The molecule has 6 nitrogen and oxygen atoms in total. The summed E-state index contributed by atoms with van der Waals surface area (Å²) < 4.78 is 0. The number of fused-ring (bicyclic) bond motifs is 5. The second kappa shape index (κ2) is 8.69. The highest BCUT2D eigenvalue weighted by atomic mass is 32.1. The van der Waals surface area contributed by atoms with Gasteiger partial charge in [0, 0.05) is 30.4 Å². The normalized spacial score (nSPS) is 28.9. The first kappa shape index (κ1) is 20.1. The minimum Gasteiger partial charge on any atom is -0.357 e. The standard InChI is InChI=1S/C22H30N4O2S/c1-3-23-22(25-13-14(2)17-6-4-11-29-17)24-9-5-10-26-20(27)18-15-7-8-16(12-15)19(18)21(26)28/h4,6-8,11,14-16,18-19H,3,5,9-10,12-13H2,1-2H3,(H2,23,24,25). The van der Waals surface area contributed by atoms with Gasteiger partial charge in [0.2, 0.25) is 11.8 Å². The fourth-order valence-corrected chi connectivity index (χ4v) is 5.64. The maximum atomic E-state index is 12.7. The van der Waals surface area contributed by atoms with Gasteiger partial charge in [0.25, 0.3) is 0 Å². The van der Waals surface area contributed by atoms with Crippen LogP contribution >= 0.6 is 11.3 Å². The Balaban J connectivity index is 1.25. The first-order valence-electron chi connectivity index (χ1n) is 10.7. The molecule has 1 saturated heterocycles. The smallest absolute Gasteiger partial charge is 0.233 e. The Morgan fingerprint density at radius 1 is 1.24 bits per heavy atom. The number of imide groups is 1. The molecule has 0 radical (unpaired) electrons. The molecule has 4 rings (SSSR count). The Labute approximate surface area is 176 Å². The molecule has 5 unspecified atom stereocenters. The van der Waals surface area contributed by atoms with Gasteiger partial charge in [-0.15, -0.1) is 11.3 Å². The average Bonchev–Trinajstić information content (AvgIpc) is 3.49. The number of nitrogens with zero attached hydrogens (tertiary/aromatic N) is 2. The van der Waals surface area contributed by atoms with E-state index in [2.05, 4.69) is 52.2 Å². The van der Waals surface area contributed by atoms with Crippen molar-refractivity contribution in [2.75, 3.05) is 26.2 Å². The number of aliphatic imine (C=N–C) groups is 1. The van der Waals surface area contributed by atoms with Gasteiger partial charge in [0.05, 0.1) is 18.4 Å². The molecule has 0 aromatic carbocycles. The zero-order valence-corrected chi connectivity index (χ0v) is 18.0. The van der Waals surface area contributed by atoms with Gasteiger partial charge in [-0.2, -0.15) is 0 Å². The number of likely N-dealkylation sites (tertiary alicyclic amines) is 1. The van der Waals surface area contributed by atoms with Crippen molar-refractivity contribution in [3.63, 3.8) is 0 Å². The highest BCUT2D eigenvalue weighted by Gasteiger charge is 2.58. The lowest BCUT2D eigenvalue weighted by molar-refractivity contribution is -0.140. The minimum atomic E-state index is -0.0944. The molecule has 1 aromatic heterocycles. The zero-order chi connectivity index (χ0) is 20.4. The maximum absolute atomic E-state index is 12.7. The molecule has 5 atom stereocenters. The largest absolute Gasteiger partial charge is 0.357 e. The Bertz CT molecular complexity index is 774. The zero-order valence-electron chi connectivity index (χ0n) is 17.1. The van der Waals surface area contributed by atoms with Crippen LogP contribution in [0.4, 0.5) is 0 Å². The van der Waals surface area contributed by atoms with Crippen LogP contribution in [0, 0.1) is 23.7 Å². The molecule has 2 fully saturated rings. The van der Waals surface area contributed by atoms with E-state index in [1.54, 1.807) is 11.3 Å². The third-order valence-corrected chi connectivity index (χ3v) is 7.41. The van der Waals surface area contributed by atoms with Crippen molar-refractivity contribution in [3.8, 4) is 0 Å². The molecule has 2 heterocycles. The molecule has 1 aromatic rings. The molecule has 1 aliphatic heterocycles. The number of guanidine groups is 1. The van der Waals surface area contributed by atoms with E-state index in [-0.39, 0.29) is 35.5 Å². The van der Waals surface area contributed by atoms with Crippen molar-refractivity contribution < 1.29 is 9.59 Å². The van der Waals surface area contributed by atoms with Crippen LogP contribution in [0.15, 0.2) is 34.7 Å². The molecule has 2 aliphatic carbocycles. The van der Waals surface area contributed by atoms with Crippen molar-refractivity contribution in [1.29, 1.82) is 0 Å². The molecular weight excluding hydrogens is 384 g/mol. The van der Waals surface area contributed by atoms with Crippen LogP contribution in [0.5, 0.6) is 0 Å². The number of allylic oxidation sites excluding steroid dienone is 2. The molecule has 29 heavy (non-hydrogen) atoms. The summed E-state index contributed by atoms with van der Waals surface area (Å²) in [6.07, 6.45) is 5.98. The molecule has 2 N–H and O–H groups in total. The van der Waals surface area contributed by atoms with Crippen molar-refractivity contribution in [3.05, 3.63) is 34.5 Å². The van der Waals surface area contributed by atoms with Crippen molar-refractivity contribution in [1.82, 2.24) is 15.5 Å². The monoisotopic (exact) mass is 414 g/mol. The summed E-state index contributed by atoms with van der Waals surface area (Å²) in [4.78, 5) is 33.0. The number of nitrogens with one attached hydrogen (secondary N) is 2. The quantitative estimate of drug-likeness (QED) is 0.225. The molecule has 3 aliphatic rings. The van der Waals surface area contributed by atoms with Gasteiger partial charge in [-0.3, -0.25) is 19.5 Å². The number of hydrogen-bond donors (Lipinski definition) is 2. The number of hydrogen-bond acceptors (Lipinski definition) is 4. The molecule has 2 amide bonds. The third kappa shape index (κ3) is 3.97. The first-order valence-corrected chi connectivity index (χ1v) is 11.6. The Kier molecular flexibility index (Phi) is 6.04. The summed E-state index contributed by atoms with van der Waals surface area (Å²) in [5.74, 6) is 1.63. The van der Waals surface area contributed by atoms with Crippen LogP contribution < -0.4 is 10.6 Å². The lowest BCUT2D eigenvalue weighted by atomic mass is 9.85. The maximum Gasteiger partial charge on any atom is 0.233 e. The number of amides is 2.